The van der Waals surface area contributed by atoms with Crippen molar-refractivity contribution in [3.8, 4) is 0 Å². The van der Waals surface area contributed by atoms with Gasteiger partial charge in [0.1, 0.15) is 0 Å². The van der Waals surface area contributed by atoms with Gasteiger partial charge in [0.25, 0.3) is 0 Å². The molecule has 13 heavy (non-hydrogen) atoms. The van der Waals surface area contributed by atoms with Gasteiger partial charge in [0.2, 0.25) is 0 Å². The topological polar surface area (TPSA) is 12.0 Å². The van der Waals surface area contributed by atoms with Gasteiger partial charge in [-0.15, -0.1) is 11.6 Å². The Morgan fingerprint density at radius 2 is 1.92 bits per heavy atom. The number of halogens is 1. The molecule has 1 atom stereocenters. The fourth-order valence-electron chi connectivity index (χ4n) is 1.84. The van der Waals surface area contributed by atoms with Gasteiger partial charge < -0.3 is 5.32 Å². The Morgan fingerprint density at radius 1 is 1.31 bits per heavy atom. The zero-order valence-electron chi connectivity index (χ0n) is 8.85. The Hall–Kier alpha value is 0.250. The number of nitrogens with one attached hydrogen (secondary N) is 1. The molecule has 78 valence electrons. The highest BCUT2D eigenvalue weighted by Gasteiger charge is 2.19. The molecule has 0 spiro atoms. The monoisotopic (exact) mass is 203 g/mol. The second kappa shape index (κ2) is 5.87. The minimum absolute atomic E-state index is 0.458. The molecule has 1 nitrogen and oxygen atoms in total. The van der Waals surface area contributed by atoms with Gasteiger partial charge in [0.05, 0.1) is 0 Å². The first-order chi connectivity index (χ1) is 6.22. The highest BCUT2D eigenvalue weighted by atomic mass is 35.5. The minimum Gasteiger partial charge on any atom is -0.314 e. The molecule has 0 bridgehead atoms. The van der Waals surface area contributed by atoms with Gasteiger partial charge in [0.15, 0.2) is 0 Å². The molecule has 1 aliphatic carbocycles. The Kier molecular flexibility index (Phi) is 5.12. The summed E-state index contributed by atoms with van der Waals surface area (Å²) in [4.78, 5) is 0. The first-order valence-corrected chi connectivity index (χ1v) is 6.03. The van der Waals surface area contributed by atoms with E-state index < -0.39 is 0 Å². The Balaban J connectivity index is 2.08. The number of hydrogen-bond donors (Lipinski definition) is 1. The van der Waals surface area contributed by atoms with Gasteiger partial charge >= 0.3 is 0 Å². The van der Waals surface area contributed by atoms with Crippen LogP contribution in [0.1, 0.15) is 46.0 Å². The lowest BCUT2D eigenvalue weighted by Gasteiger charge is -2.26. The summed E-state index contributed by atoms with van der Waals surface area (Å²) in [6.45, 7) is 5.68. The van der Waals surface area contributed by atoms with Crippen molar-refractivity contribution in [3.05, 3.63) is 0 Å². The van der Waals surface area contributed by atoms with E-state index in [0.717, 1.165) is 5.92 Å². The third-order valence-corrected chi connectivity index (χ3v) is 3.58. The van der Waals surface area contributed by atoms with Crippen molar-refractivity contribution >= 4 is 11.6 Å². The molecule has 0 radical (unpaired) electrons. The molecule has 0 amide bonds. The first kappa shape index (κ1) is 11.3. The molecule has 0 heterocycles. The van der Waals surface area contributed by atoms with Crippen molar-refractivity contribution in [1.82, 2.24) is 5.32 Å². The zero-order valence-corrected chi connectivity index (χ0v) is 9.61. The fourth-order valence-corrected chi connectivity index (χ4v) is 2.09. The second-order valence-electron chi connectivity index (χ2n) is 4.34. The molecule has 1 unspecified atom stereocenters. The van der Waals surface area contributed by atoms with Crippen LogP contribution in [0.3, 0.4) is 0 Å². The van der Waals surface area contributed by atoms with E-state index in [-0.39, 0.29) is 0 Å². The van der Waals surface area contributed by atoms with E-state index in [1.54, 1.807) is 0 Å². The second-order valence-corrected chi connectivity index (χ2v) is 4.95. The lowest BCUT2D eigenvalue weighted by molar-refractivity contribution is 0.332. The average molecular weight is 204 g/mol. The minimum atomic E-state index is 0.458. The summed E-state index contributed by atoms with van der Waals surface area (Å²) in [6, 6.07) is 0.675. The first-order valence-electron chi connectivity index (χ1n) is 5.59. The van der Waals surface area contributed by atoms with E-state index in [9.17, 15) is 0 Å². The molecular formula is C11H22ClN. The van der Waals surface area contributed by atoms with Crippen LogP contribution in [-0.2, 0) is 0 Å². The maximum atomic E-state index is 6.05. The molecular weight excluding hydrogens is 182 g/mol. The summed E-state index contributed by atoms with van der Waals surface area (Å²) in [5, 5.41) is 4.03. The van der Waals surface area contributed by atoms with Crippen LogP contribution in [0, 0.1) is 5.92 Å². The predicted octanol–water partition coefficient (Wildman–Crippen LogP) is 3.17. The lowest BCUT2D eigenvalue weighted by Crippen LogP contribution is -2.32. The van der Waals surface area contributed by atoms with Crippen LogP contribution in [0.4, 0.5) is 0 Å². The van der Waals surface area contributed by atoms with Gasteiger partial charge in [-0.3, -0.25) is 0 Å². The van der Waals surface area contributed by atoms with Crippen molar-refractivity contribution in [2.45, 2.75) is 57.4 Å². The Labute approximate surface area is 87.2 Å². The van der Waals surface area contributed by atoms with E-state index >= 15 is 0 Å². The standard InChI is InChI=1S/C11H22ClN/c1-3-9(2)13-8-10-4-6-11(12)7-5-10/h9-11,13H,3-8H2,1-2H3. The van der Waals surface area contributed by atoms with Crippen molar-refractivity contribution in [2.75, 3.05) is 6.54 Å². The van der Waals surface area contributed by atoms with Gasteiger partial charge in [-0.05, 0) is 51.5 Å². The molecule has 0 aromatic rings. The third-order valence-electron chi connectivity index (χ3n) is 3.14. The predicted molar refractivity (Wildman–Crippen MR) is 59.4 cm³/mol. The van der Waals surface area contributed by atoms with Crippen molar-refractivity contribution in [2.24, 2.45) is 5.92 Å². The lowest BCUT2D eigenvalue weighted by atomic mass is 9.89. The molecule has 0 aromatic heterocycles. The maximum Gasteiger partial charge on any atom is 0.0336 e. The van der Waals surface area contributed by atoms with Crippen LogP contribution in [0.5, 0.6) is 0 Å². The normalized spacial score (nSPS) is 31.6. The van der Waals surface area contributed by atoms with Gasteiger partial charge in [-0.2, -0.15) is 0 Å². The Morgan fingerprint density at radius 3 is 2.46 bits per heavy atom. The van der Waals surface area contributed by atoms with Gasteiger partial charge in [-0.25, -0.2) is 0 Å². The van der Waals surface area contributed by atoms with Crippen LogP contribution >= 0.6 is 11.6 Å². The van der Waals surface area contributed by atoms with Crippen LogP contribution in [0.15, 0.2) is 0 Å². The number of rotatable bonds is 4. The fraction of sp³-hybridized carbons (Fsp3) is 1.00. The van der Waals surface area contributed by atoms with Crippen molar-refractivity contribution < 1.29 is 0 Å². The van der Waals surface area contributed by atoms with Gasteiger partial charge in [0, 0.05) is 11.4 Å². The molecule has 1 N–H and O–H groups in total. The van der Waals surface area contributed by atoms with Gasteiger partial charge in [-0.1, -0.05) is 6.92 Å². The van der Waals surface area contributed by atoms with E-state index in [1.807, 2.05) is 0 Å². The summed E-state index contributed by atoms with van der Waals surface area (Å²) in [5.41, 5.74) is 0. The number of alkyl halides is 1. The molecule has 1 saturated carbocycles. The smallest absolute Gasteiger partial charge is 0.0336 e. The van der Waals surface area contributed by atoms with Crippen molar-refractivity contribution in [1.29, 1.82) is 0 Å². The summed E-state index contributed by atoms with van der Waals surface area (Å²) < 4.78 is 0. The Bertz CT molecular complexity index is 130. The average Bonchev–Trinajstić information content (AvgIpc) is 2.16. The number of hydrogen-bond acceptors (Lipinski definition) is 1. The van der Waals surface area contributed by atoms with E-state index in [1.165, 1.54) is 38.6 Å². The summed E-state index contributed by atoms with van der Waals surface area (Å²) >= 11 is 6.05. The SMILES string of the molecule is CCC(C)NCC1CCC(Cl)CC1. The molecule has 1 fully saturated rings. The van der Waals surface area contributed by atoms with Crippen molar-refractivity contribution in [3.63, 3.8) is 0 Å². The summed E-state index contributed by atoms with van der Waals surface area (Å²) in [6.07, 6.45) is 6.29. The maximum absolute atomic E-state index is 6.05. The van der Waals surface area contributed by atoms with Crippen LogP contribution in [0.25, 0.3) is 0 Å². The molecule has 1 rings (SSSR count). The zero-order chi connectivity index (χ0) is 9.68. The summed E-state index contributed by atoms with van der Waals surface area (Å²) in [7, 11) is 0. The molecule has 1 aliphatic rings. The van der Waals surface area contributed by atoms with E-state index in [2.05, 4.69) is 19.2 Å². The molecule has 0 saturated heterocycles. The highest BCUT2D eigenvalue weighted by Crippen LogP contribution is 2.26. The summed E-state index contributed by atoms with van der Waals surface area (Å²) in [5.74, 6) is 0.879. The largest absolute Gasteiger partial charge is 0.314 e. The van der Waals surface area contributed by atoms with Crippen LogP contribution < -0.4 is 5.32 Å². The third kappa shape index (κ3) is 4.33. The van der Waals surface area contributed by atoms with E-state index in [4.69, 9.17) is 11.6 Å². The van der Waals surface area contributed by atoms with E-state index in [0.29, 0.717) is 11.4 Å². The quantitative estimate of drug-likeness (QED) is 0.693. The highest BCUT2D eigenvalue weighted by molar-refractivity contribution is 6.20. The van der Waals surface area contributed by atoms with Crippen LogP contribution in [-0.4, -0.2) is 18.0 Å². The molecule has 0 aliphatic heterocycles. The van der Waals surface area contributed by atoms with Crippen LogP contribution in [0.2, 0.25) is 0 Å². The molecule has 2 heteroatoms. The molecule has 0 aromatic carbocycles.